The molecule has 0 bridgehead atoms. The van der Waals surface area contributed by atoms with E-state index in [2.05, 4.69) is 19.2 Å². The highest BCUT2D eigenvalue weighted by molar-refractivity contribution is 5.77. The van der Waals surface area contributed by atoms with Crippen LogP contribution < -0.4 is 5.32 Å². The van der Waals surface area contributed by atoms with E-state index in [9.17, 15) is 4.79 Å². The Bertz CT molecular complexity index is 102. The Hall–Kier alpha value is -0.370. The SMILES string of the molecule is CCC(CC)NCC(C)=O.[HH]. The summed E-state index contributed by atoms with van der Waals surface area (Å²) in [7, 11) is 0. The average Bonchev–Trinajstić information content (AvgIpc) is 1.90. The molecule has 2 heteroatoms. The fraction of sp³-hybridized carbons (Fsp3) is 0.875. The van der Waals surface area contributed by atoms with Crippen molar-refractivity contribution in [1.82, 2.24) is 5.32 Å². The van der Waals surface area contributed by atoms with Crippen molar-refractivity contribution in [3.8, 4) is 0 Å². The molecule has 62 valence electrons. The molecule has 1 N–H and O–H groups in total. The lowest BCUT2D eigenvalue weighted by Crippen LogP contribution is -2.31. The van der Waals surface area contributed by atoms with Crippen LogP contribution in [0.3, 0.4) is 0 Å². The third-order valence-corrected chi connectivity index (χ3v) is 1.63. The first kappa shape index (κ1) is 9.63. The van der Waals surface area contributed by atoms with Gasteiger partial charge in [-0.3, -0.25) is 4.79 Å². The van der Waals surface area contributed by atoms with Gasteiger partial charge in [0.1, 0.15) is 5.78 Å². The zero-order valence-corrected chi connectivity index (χ0v) is 7.11. The highest BCUT2D eigenvalue weighted by Gasteiger charge is 2.01. The van der Waals surface area contributed by atoms with E-state index in [0.717, 1.165) is 12.8 Å². The van der Waals surface area contributed by atoms with Crippen LogP contribution in [0.2, 0.25) is 0 Å². The number of rotatable bonds is 5. The van der Waals surface area contributed by atoms with Crippen molar-refractivity contribution in [3.05, 3.63) is 0 Å². The van der Waals surface area contributed by atoms with Crippen LogP contribution in [0.4, 0.5) is 0 Å². The maximum atomic E-state index is 10.5. The van der Waals surface area contributed by atoms with Gasteiger partial charge < -0.3 is 5.32 Å². The molecule has 0 aromatic heterocycles. The quantitative estimate of drug-likeness (QED) is 0.636. The van der Waals surface area contributed by atoms with Crippen LogP contribution >= 0.6 is 0 Å². The van der Waals surface area contributed by atoms with Crippen LogP contribution in [0.1, 0.15) is 35.0 Å². The Kier molecular flexibility index (Phi) is 5.22. The minimum absolute atomic E-state index is 0. The summed E-state index contributed by atoms with van der Waals surface area (Å²) in [6, 6.07) is 0.518. The minimum atomic E-state index is 0. The maximum absolute atomic E-state index is 10.5. The number of ketones is 1. The number of hydrogen-bond donors (Lipinski definition) is 1. The molecule has 10 heavy (non-hydrogen) atoms. The number of hydrogen-bond acceptors (Lipinski definition) is 2. The second-order valence-corrected chi connectivity index (χ2v) is 2.60. The van der Waals surface area contributed by atoms with E-state index in [-0.39, 0.29) is 7.21 Å². The highest BCUT2D eigenvalue weighted by Crippen LogP contribution is 1.94. The Labute approximate surface area is 64.5 Å². The summed E-state index contributed by atoms with van der Waals surface area (Å²) >= 11 is 0. The smallest absolute Gasteiger partial charge is 0.143 e. The number of Topliss-reactive ketones (excluding diaryl/α,β-unsaturated/α-hetero) is 1. The lowest BCUT2D eigenvalue weighted by atomic mass is 10.2. The van der Waals surface area contributed by atoms with Gasteiger partial charge in [-0.1, -0.05) is 13.8 Å². The Morgan fingerprint density at radius 2 is 2.00 bits per heavy atom. The zero-order valence-electron chi connectivity index (χ0n) is 7.11. The third-order valence-electron chi connectivity index (χ3n) is 1.63. The number of nitrogens with one attached hydrogen (secondary N) is 1. The monoisotopic (exact) mass is 145 g/mol. The van der Waals surface area contributed by atoms with Crippen molar-refractivity contribution in [2.24, 2.45) is 0 Å². The van der Waals surface area contributed by atoms with Crippen molar-refractivity contribution in [1.29, 1.82) is 0 Å². The van der Waals surface area contributed by atoms with Gasteiger partial charge in [0, 0.05) is 7.47 Å². The fourth-order valence-corrected chi connectivity index (χ4v) is 0.865. The van der Waals surface area contributed by atoms with Crippen LogP contribution in [0.15, 0.2) is 0 Å². The molecule has 0 aromatic carbocycles. The van der Waals surface area contributed by atoms with Crippen molar-refractivity contribution >= 4 is 5.78 Å². The summed E-state index contributed by atoms with van der Waals surface area (Å²) in [6.45, 7) is 6.38. The van der Waals surface area contributed by atoms with Crippen LogP contribution in [-0.2, 0) is 4.79 Å². The normalized spacial score (nSPS) is 10.4. The van der Waals surface area contributed by atoms with Gasteiger partial charge in [-0.2, -0.15) is 0 Å². The predicted molar refractivity (Wildman–Crippen MR) is 45.2 cm³/mol. The van der Waals surface area contributed by atoms with E-state index in [4.69, 9.17) is 0 Å². The first-order valence-electron chi connectivity index (χ1n) is 3.93. The third kappa shape index (κ3) is 4.50. The summed E-state index contributed by atoms with van der Waals surface area (Å²) in [6.07, 6.45) is 2.20. The molecule has 0 radical (unpaired) electrons. The second kappa shape index (κ2) is 5.42. The summed E-state index contributed by atoms with van der Waals surface area (Å²) in [5.41, 5.74) is 0. The summed E-state index contributed by atoms with van der Waals surface area (Å²) < 4.78 is 0. The Morgan fingerprint density at radius 3 is 2.30 bits per heavy atom. The van der Waals surface area contributed by atoms with E-state index in [1.165, 1.54) is 0 Å². The summed E-state index contributed by atoms with van der Waals surface area (Å²) in [5.74, 6) is 0.215. The second-order valence-electron chi connectivity index (χ2n) is 2.60. The average molecular weight is 145 g/mol. The maximum Gasteiger partial charge on any atom is 0.143 e. The molecule has 0 rings (SSSR count). The first-order valence-corrected chi connectivity index (χ1v) is 3.93. The van der Waals surface area contributed by atoms with Gasteiger partial charge in [0.15, 0.2) is 0 Å². The van der Waals surface area contributed by atoms with Gasteiger partial charge >= 0.3 is 0 Å². The summed E-state index contributed by atoms with van der Waals surface area (Å²) in [4.78, 5) is 10.5. The fourth-order valence-electron chi connectivity index (χ4n) is 0.865. The Balaban J connectivity index is 0. The van der Waals surface area contributed by atoms with Crippen molar-refractivity contribution in [2.75, 3.05) is 6.54 Å². The molecule has 0 amide bonds. The topological polar surface area (TPSA) is 29.1 Å². The van der Waals surface area contributed by atoms with Gasteiger partial charge in [0.25, 0.3) is 0 Å². The van der Waals surface area contributed by atoms with Crippen LogP contribution in [0.25, 0.3) is 0 Å². The van der Waals surface area contributed by atoms with Crippen LogP contribution in [0, 0.1) is 0 Å². The van der Waals surface area contributed by atoms with E-state index in [1.54, 1.807) is 6.92 Å². The van der Waals surface area contributed by atoms with Gasteiger partial charge in [-0.25, -0.2) is 0 Å². The van der Waals surface area contributed by atoms with Gasteiger partial charge in [0.2, 0.25) is 0 Å². The lowest BCUT2D eigenvalue weighted by molar-refractivity contribution is -0.116. The molecule has 0 aromatic rings. The molecule has 0 aliphatic heterocycles. The van der Waals surface area contributed by atoms with Crippen molar-refractivity contribution in [3.63, 3.8) is 0 Å². The van der Waals surface area contributed by atoms with Crippen molar-refractivity contribution < 1.29 is 6.22 Å². The van der Waals surface area contributed by atoms with E-state index in [0.29, 0.717) is 12.6 Å². The molecule has 0 unspecified atom stereocenters. The number of carbonyl (C=O) groups excluding carboxylic acids is 1. The van der Waals surface area contributed by atoms with E-state index >= 15 is 0 Å². The molecule has 0 aliphatic rings. The molecule has 0 heterocycles. The first-order chi connectivity index (χ1) is 4.70. The molecule has 0 saturated heterocycles. The van der Waals surface area contributed by atoms with Gasteiger partial charge in [0.05, 0.1) is 6.54 Å². The molecule has 0 aliphatic carbocycles. The molecular formula is C8H19NO. The van der Waals surface area contributed by atoms with Crippen LogP contribution in [-0.4, -0.2) is 18.4 Å². The largest absolute Gasteiger partial charge is 0.307 e. The lowest BCUT2D eigenvalue weighted by Gasteiger charge is -2.12. The minimum Gasteiger partial charge on any atom is -0.307 e. The molecule has 0 fully saturated rings. The molecular weight excluding hydrogens is 126 g/mol. The standard InChI is InChI=1S/C8H17NO.H2/c1-4-8(5-2)9-6-7(3)10;/h8-9H,4-6H2,1-3H3;1H. The molecule has 0 saturated carbocycles. The number of carbonyl (C=O) groups is 1. The Morgan fingerprint density at radius 1 is 1.50 bits per heavy atom. The molecule has 2 nitrogen and oxygen atoms in total. The van der Waals surface area contributed by atoms with E-state index in [1.807, 2.05) is 0 Å². The molecule has 0 spiro atoms. The van der Waals surface area contributed by atoms with Crippen molar-refractivity contribution in [2.45, 2.75) is 39.7 Å². The van der Waals surface area contributed by atoms with Gasteiger partial charge in [-0.15, -0.1) is 0 Å². The highest BCUT2D eigenvalue weighted by atomic mass is 16.1. The van der Waals surface area contributed by atoms with Gasteiger partial charge in [-0.05, 0) is 19.8 Å². The summed E-state index contributed by atoms with van der Waals surface area (Å²) in [5, 5.41) is 3.17. The zero-order chi connectivity index (χ0) is 7.98. The van der Waals surface area contributed by atoms with Crippen LogP contribution in [0.5, 0.6) is 0 Å². The van der Waals surface area contributed by atoms with E-state index < -0.39 is 0 Å². The predicted octanol–water partition coefficient (Wildman–Crippen LogP) is 1.60. The molecule has 0 atom stereocenters.